The molecule has 1 amide bonds. The molecule has 0 saturated carbocycles. The Morgan fingerprint density at radius 1 is 1.23 bits per heavy atom. The molecule has 1 aromatic carbocycles. The standard InChI is InChI=1S/C19H19N3O2S2/c1-13-2-4-14(5-3-13)15-10-25-18-17(15)19(21-12-20-18)26-11-16(23)22-6-8-24-9-7-22/h2-5,10,12H,6-9,11H2,1H3. The van der Waals surface area contributed by atoms with Crippen molar-refractivity contribution in [2.45, 2.75) is 11.9 Å². The van der Waals surface area contributed by atoms with Crippen LogP contribution in [0.25, 0.3) is 21.3 Å². The van der Waals surface area contributed by atoms with E-state index in [2.05, 4.69) is 46.5 Å². The minimum atomic E-state index is 0.136. The van der Waals surface area contributed by atoms with Gasteiger partial charge >= 0.3 is 0 Å². The summed E-state index contributed by atoms with van der Waals surface area (Å²) in [6.45, 7) is 4.67. The first kappa shape index (κ1) is 17.5. The molecule has 1 aliphatic heterocycles. The van der Waals surface area contributed by atoms with Crippen molar-refractivity contribution in [3.8, 4) is 11.1 Å². The van der Waals surface area contributed by atoms with Crippen molar-refractivity contribution in [1.29, 1.82) is 0 Å². The van der Waals surface area contributed by atoms with Crippen molar-refractivity contribution in [3.63, 3.8) is 0 Å². The fourth-order valence-electron chi connectivity index (χ4n) is 2.94. The van der Waals surface area contributed by atoms with Gasteiger partial charge in [0.25, 0.3) is 0 Å². The maximum atomic E-state index is 12.4. The van der Waals surface area contributed by atoms with E-state index in [1.54, 1.807) is 17.7 Å². The summed E-state index contributed by atoms with van der Waals surface area (Å²) in [5.74, 6) is 0.520. The molecule has 0 radical (unpaired) electrons. The lowest BCUT2D eigenvalue weighted by Gasteiger charge is -2.26. The van der Waals surface area contributed by atoms with Gasteiger partial charge in [0, 0.05) is 24.0 Å². The molecule has 0 spiro atoms. The van der Waals surface area contributed by atoms with Crippen LogP contribution < -0.4 is 0 Å². The van der Waals surface area contributed by atoms with Crippen LogP contribution in [-0.4, -0.2) is 52.8 Å². The predicted molar refractivity (Wildman–Crippen MR) is 106 cm³/mol. The summed E-state index contributed by atoms with van der Waals surface area (Å²) in [5, 5.41) is 4.03. The third-order valence-electron chi connectivity index (χ3n) is 4.39. The summed E-state index contributed by atoms with van der Waals surface area (Å²) in [7, 11) is 0. The van der Waals surface area contributed by atoms with E-state index in [1.165, 1.54) is 17.3 Å². The monoisotopic (exact) mass is 385 g/mol. The van der Waals surface area contributed by atoms with Gasteiger partial charge in [0.2, 0.25) is 5.91 Å². The summed E-state index contributed by atoms with van der Waals surface area (Å²) >= 11 is 3.10. The minimum Gasteiger partial charge on any atom is -0.378 e. The number of rotatable bonds is 4. The number of aryl methyl sites for hydroxylation is 1. The highest BCUT2D eigenvalue weighted by molar-refractivity contribution is 8.00. The Kier molecular flexibility index (Phi) is 5.19. The number of ether oxygens (including phenoxy) is 1. The molecule has 3 aromatic rings. The van der Waals surface area contributed by atoms with Crippen LogP contribution in [0, 0.1) is 6.92 Å². The van der Waals surface area contributed by atoms with Gasteiger partial charge in [-0.05, 0) is 12.5 Å². The molecule has 2 aromatic heterocycles. The lowest BCUT2D eigenvalue weighted by Crippen LogP contribution is -2.41. The van der Waals surface area contributed by atoms with Gasteiger partial charge in [-0.3, -0.25) is 4.79 Å². The smallest absolute Gasteiger partial charge is 0.233 e. The molecular weight excluding hydrogens is 366 g/mol. The topological polar surface area (TPSA) is 55.3 Å². The van der Waals surface area contributed by atoms with Crippen LogP contribution in [0.3, 0.4) is 0 Å². The summed E-state index contributed by atoms with van der Waals surface area (Å²) in [4.78, 5) is 24.1. The van der Waals surface area contributed by atoms with Crippen molar-refractivity contribution in [2.75, 3.05) is 32.1 Å². The van der Waals surface area contributed by atoms with Gasteiger partial charge in [0.05, 0.1) is 24.4 Å². The lowest BCUT2D eigenvalue weighted by atomic mass is 10.1. The number of nitrogens with zero attached hydrogens (tertiary/aromatic N) is 3. The molecule has 1 fully saturated rings. The van der Waals surface area contributed by atoms with E-state index in [0.29, 0.717) is 32.1 Å². The van der Waals surface area contributed by atoms with Gasteiger partial charge in [-0.25, -0.2) is 9.97 Å². The number of thiophene rings is 1. The number of aromatic nitrogens is 2. The van der Waals surface area contributed by atoms with Gasteiger partial charge in [0.15, 0.2) is 0 Å². The van der Waals surface area contributed by atoms with E-state index < -0.39 is 0 Å². The zero-order valence-electron chi connectivity index (χ0n) is 14.5. The Morgan fingerprint density at radius 2 is 2.00 bits per heavy atom. The third-order valence-corrected chi connectivity index (χ3v) is 6.25. The third kappa shape index (κ3) is 3.60. The fraction of sp³-hybridized carbons (Fsp3) is 0.316. The van der Waals surface area contributed by atoms with Crippen LogP contribution in [0.2, 0.25) is 0 Å². The van der Waals surface area contributed by atoms with Crippen molar-refractivity contribution >= 4 is 39.2 Å². The average molecular weight is 386 g/mol. The van der Waals surface area contributed by atoms with E-state index in [0.717, 1.165) is 26.4 Å². The molecule has 0 N–H and O–H groups in total. The molecule has 3 heterocycles. The summed E-state index contributed by atoms with van der Waals surface area (Å²) in [5.41, 5.74) is 3.51. The number of morpholine rings is 1. The molecule has 134 valence electrons. The molecule has 0 atom stereocenters. The molecule has 5 nitrogen and oxygen atoms in total. The van der Waals surface area contributed by atoms with Gasteiger partial charge < -0.3 is 9.64 Å². The van der Waals surface area contributed by atoms with Crippen LogP contribution in [0.15, 0.2) is 41.0 Å². The quantitative estimate of drug-likeness (QED) is 0.507. The SMILES string of the molecule is Cc1ccc(-c2csc3ncnc(SCC(=O)N4CCOCC4)c23)cc1. The van der Waals surface area contributed by atoms with Gasteiger partial charge in [-0.15, -0.1) is 11.3 Å². The molecule has 26 heavy (non-hydrogen) atoms. The molecular formula is C19H19N3O2S2. The normalized spacial score (nSPS) is 14.7. The number of thioether (sulfide) groups is 1. The van der Waals surface area contributed by atoms with E-state index in [9.17, 15) is 4.79 Å². The molecule has 0 aliphatic carbocycles. The first-order valence-corrected chi connectivity index (χ1v) is 10.4. The van der Waals surface area contributed by atoms with Crippen LogP contribution in [-0.2, 0) is 9.53 Å². The lowest BCUT2D eigenvalue weighted by molar-refractivity contribution is -0.132. The van der Waals surface area contributed by atoms with E-state index in [4.69, 9.17) is 4.74 Å². The summed E-state index contributed by atoms with van der Waals surface area (Å²) in [6, 6.07) is 8.46. The molecule has 7 heteroatoms. The van der Waals surface area contributed by atoms with Crippen LogP contribution >= 0.6 is 23.1 Å². The van der Waals surface area contributed by atoms with Crippen molar-refractivity contribution < 1.29 is 9.53 Å². The van der Waals surface area contributed by atoms with Gasteiger partial charge in [-0.2, -0.15) is 0 Å². The number of amides is 1. The maximum absolute atomic E-state index is 12.4. The highest BCUT2D eigenvalue weighted by atomic mass is 32.2. The zero-order valence-corrected chi connectivity index (χ0v) is 16.1. The first-order valence-electron chi connectivity index (χ1n) is 8.50. The van der Waals surface area contributed by atoms with E-state index >= 15 is 0 Å². The Balaban J connectivity index is 1.59. The number of hydrogen-bond acceptors (Lipinski definition) is 6. The van der Waals surface area contributed by atoms with Crippen LogP contribution in [0.5, 0.6) is 0 Å². The second-order valence-electron chi connectivity index (χ2n) is 6.16. The van der Waals surface area contributed by atoms with E-state index in [-0.39, 0.29) is 5.91 Å². The number of carbonyl (C=O) groups is 1. The maximum Gasteiger partial charge on any atom is 0.233 e. The minimum absolute atomic E-state index is 0.136. The number of fused-ring (bicyclic) bond motifs is 1. The van der Waals surface area contributed by atoms with E-state index in [1.807, 2.05) is 4.90 Å². The summed E-state index contributed by atoms with van der Waals surface area (Å²) in [6.07, 6.45) is 1.58. The van der Waals surface area contributed by atoms with Crippen molar-refractivity contribution in [2.24, 2.45) is 0 Å². The molecule has 1 saturated heterocycles. The predicted octanol–water partition coefficient (Wildman–Crippen LogP) is 3.62. The van der Waals surface area contributed by atoms with Crippen LogP contribution in [0.1, 0.15) is 5.56 Å². The first-order chi connectivity index (χ1) is 12.7. The van der Waals surface area contributed by atoms with Gasteiger partial charge in [-0.1, -0.05) is 41.6 Å². The van der Waals surface area contributed by atoms with Crippen molar-refractivity contribution in [1.82, 2.24) is 14.9 Å². The Morgan fingerprint density at radius 3 is 2.77 bits per heavy atom. The zero-order chi connectivity index (χ0) is 17.9. The van der Waals surface area contributed by atoms with Gasteiger partial charge in [0.1, 0.15) is 16.2 Å². The Bertz CT molecular complexity index is 918. The molecule has 1 aliphatic rings. The largest absolute Gasteiger partial charge is 0.378 e. The van der Waals surface area contributed by atoms with Crippen molar-refractivity contribution in [3.05, 3.63) is 41.5 Å². The molecule has 0 bridgehead atoms. The Labute approximate surface area is 160 Å². The second kappa shape index (κ2) is 7.73. The molecule has 0 unspecified atom stereocenters. The fourth-order valence-corrected chi connectivity index (χ4v) is 4.83. The number of benzene rings is 1. The van der Waals surface area contributed by atoms with Crippen LogP contribution in [0.4, 0.5) is 0 Å². The second-order valence-corrected chi connectivity index (χ2v) is 7.98. The average Bonchev–Trinajstić information content (AvgIpc) is 3.12. The number of hydrogen-bond donors (Lipinski definition) is 0. The molecule has 4 rings (SSSR count). The highest BCUT2D eigenvalue weighted by Crippen LogP contribution is 2.37. The summed E-state index contributed by atoms with van der Waals surface area (Å²) < 4.78 is 5.31. The number of carbonyl (C=O) groups excluding carboxylic acids is 1. The Hall–Kier alpha value is -1.96. The highest BCUT2D eigenvalue weighted by Gasteiger charge is 2.19.